The van der Waals surface area contributed by atoms with E-state index in [2.05, 4.69) is 42.6 Å². The Morgan fingerprint density at radius 2 is 1.95 bits per heavy atom. The molecule has 1 aromatic carbocycles. The molecule has 0 aliphatic carbocycles. The zero-order chi connectivity index (χ0) is 25.4. The fourth-order valence-electron chi connectivity index (χ4n) is 4.59. The molecule has 1 saturated heterocycles. The molecule has 10 nitrogen and oxygen atoms in total. The van der Waals surface area contributed by atoms with Crippen LogP contribution in [0.15, 0.2) is 55.2 Å². The number of benzene rings is 1. The number of ether oxygens (including phenoxy) is 1. The van der Waals surface area contributed by atoms with Gasteiger partial charge in [-0.2, -0.15) is 5.10 Å². The number of hydrogen-bond donors (Lipinski definition) is 2. The molecule has 1 aliphatic heterocycles. The predicted octanol–water partition coefficient (Wildman–Crippen LogP) is 4.24. The fourth-order valence-corrected chi connectivity index (χ4v) is 4.59. The standard InChI is InChI=1S/C26H26FN9O/c1-16-21(37-18-9-12-36-23(13-18)30-15-32-36)5-3-19(24(16)27)33-26-25-20(29-14-31-26)4-6-22(34-25)35(2)17-7-10-28-11-8-17/h3-6,9,12-15,17,28H,7-8,10-11H2,1-2H3,(H,29,31,33). The van der Waals surface area contributed by atoms with Crippen LogP contribution in [0.5, 0.6) is 11.5 Å². The van der Waals surface area contributed by atoms with Gasteiger partial charge in [0.15, 0.2) is 17.3 Å². The van der Waals surface area contributed by atoms with Crippen LogP contribution in [0.3, 0.4) is 0 Å². The Morgan fingerprint density at radius 1 is 1.08 bits per heavy atom. The SMILES string of the molecule is Cc1c(Oc2ccn3ncnc3c2)ccc(Nc2ncnc3ccc(N(C)C4CCNCC4)nc23)c1F. The lowest BCUT2D eigenvalue weighted by Gasteiger charge is -2.32. The Hall–Kier alpha value is -4.38. The highest BCUT2D eigenvalue weighted by molar-refractivity contribution is 5.88. The minimum atomic E-state index is -0.434. The molecular formula is C26H26FN9O. The Bertz CT molecular complexity index is 1580. The third kappa shape index (κ3) is 4.49. The van der Waals surface area contributed by atoms with E-state index in [4.69, 9.17) is 9.72 Å². The van der Waals surface area contributed by atoms with Crippen LogP contribution in [0.1, 0.15) is 18.4 Å². The minimum absolute atomic E-state index is 0.275. The molecule has 0 radical (unpaired) electrons. The van der Waals surface area contributed by atoms with Crippen molar-refractivity contribution in [2.45, 2.75) is 25.8 Å². The molecule has 5 aromatic rings. The maximum atomic E-state index is 15.5. The van der Waals surface area contributed by atoms with Crippen molar-refractivity contribution in [1.29, 1.82) is 0 Å². The average molecular weight is 500 g/mol. The second-order valence-corrected chi connectivity index (χ2v) is 9.05. The molecule has 188 valence electrons. The quantitative estimate of drug-likeness (QED) is 0.355. The first-order chi connectivity index (χ1) is 18.1. The third-order valence-corrected chi connectivity index (χ3v) is 6.75. The maximum Gasteiger partial charge on any atom is 0.160 e. The number of halogens is 1. The second kappa shape index (κ2) is 9.58. The van der Waals surface area contributed by atoms with Gasteiger partial charge in [-0.1, -0.05) is 0 Å². The topological polar surface area (TPSA) is 105 Å². The molecule has 0 bridgehead atoms. The van der Waals surface area contributed by atoms with Crippen LogP contribution in [-0.2, 0) is 0 Å². The Labute approximate surface area is 212 Å². The molecule has 4 aromatic heterocycles. The van der Waals surface area contributed by atoms with Crippen molar-refractivity contribution in [3.05, 3.63) is 66.6 Å². The van der Waals surface area contributed by atoms with E-state index in [0.717, 1.165) is 31.7 Å². The highest BCUT2D eigenvalue weighted by Gasteiger charge is 2.20. The van der Waals surface area contributed by atoms with Crippen LogP contribution in [-0.4, -0.2) is 55.7 Å². The summed E-state index contributed by atoms with van der Waals surface area (Å²) in [7, 11) is 2.06. The normalized spacial score (nSPS) is 14.2. The van der Waals surface area contributed by atoms with E-state index in [1.165, 1.54) is 12.7 Å². The number of nitrogens with zero attached hydrogens (tertiary/aromatic N) is 7. The summed E-state index contributed by atoms with van der Waals surface area (Å²) in [4.78, 5) is 19.9. The van der Waals surface area contributed by atoms with Crippen molar-refractivity contribution in [3.63, 3.8) is 0 Å². The summed E-state index contributed by atoms with van der Waals surface area (Å²) in [5, 5.41) is 10.6. The first-order valence-electron chi connectivity index (χ1n) is 12.2. The number of piperidine rings is 1. The number of rotatable bonds is 6. The van der Waals surface area contributed by atoms with Gasteiger partial charge in [-0.05, 0) is 63.2 Å². The van der Waals surface area contributed by atoms with Crippen LogP contribution in [0, 0.1) is 12.7 Å². The van der Waals surface area contributed by atoms with Gasteiger partial charge in [0.25, 0.3) is 0 Å². The number of nitrogens with one attached hydrogen (secondary N) is 2. The molecule has 1 fully saturated rings. The molecule has 0 saturated carbocycles. The van der Waals surface area contributed by atoms with E-state index in [9.17, 15) is 0 Å². The van der Waals surface area contributed by atoms with Gasteiger partial charge in [0, 0.05) is 30.9 Å². The zero-order valence-electron chi connectivity index (χ0n) is 20.5. The monoisotopic (exact) mass is 499 g/mol. The summed E-state index contributed by atoms with van der Waals surface area (Å²) >= 11 is 0. The number of anilines is 3. The minimum Gasteiger partial charge on any atom is -0.457 e. The fraction of sp³-hybridized carbons (Fsp3) is 0.269. The maximum absolute atomic E-state index is 15.5. The van der Waals surface area contributed by atoms with Crippen molar-refractivity contribution in [2.75, 3.05) is 30.4 Å². The van der Waals surface area contributed by atoms with Gasteiger partial charge >= 0.3 is 0 Å². The van der Waals surface area contributed by atoms with E-state index in [-0.39, 0.29) is 5.69 Å². The first kappa shape index (κ1) is 23.0. The van der Waals surface area contributed by atoms with E-state index in [1.54, 1.807) is 41.9 Å². The van der Waals surface area contributed by atoms with Crippen LogP contribution < -0.4 is 20.3 Å². The van der Waals surface area contributed by atoms with Crippen LogP contribution in [0.4, 0.5) is 21.7 Å². The van der Waals surface area contributed by atoms with Gasteiger partial charge < -0.3 is 20.3 Å². The molecule has 0 amide bonds. The Balaban J connectivity index is 1.27. The molecule has 0 atom stereocenters. The van der Waals surface area contributed by atoms with Crippen LogP contribution in [0.25, 0.3) is 16.7 Å². The van der Waals surface area contributed by atoms with Gasteiger partial charge in [0.1, 0.15) is 35.5 Å². The van der Waals surface area contributed by atoms with Gasteiger partial charge in [-0.25, -0.2) is 28.8 Å². The van der Waals surface area contributed by atoms with Crippen LogP contribution >= 0.6 is 0 Å². The third-order valence-electron chi connectivity index (χ3n) is 6.75. The largest absolute Gasteiger partial charge is 0.457 e. The van der Waals surface area contributed by atoms with E-state index < -0.39 is 5.82 Å². The van der Waals surface area contributed by atoms with E-state index in [1.807, 2.05) is 12.1 Å². The molecule has 0 unspecified atom stereocenters. The predicted molar refractivity (Wildman–Crippen MR) is 139 cm³/mol. The lowest BCUT2D eigenvalue weighted by molar-refractivity contribution is 0.442. The Morgan fingerprint density at radius 3 is 2.81 bits per heavy atom. The summed E-state index contributed by atoms with van der Waals surface area (Å²) in [6, 6.07) is 11.1. The average Bonchev–Trinajstić information content (AvgIpc) is 3.41. The van der Waals surface area contributed by atoms with E-state index in [0.29, 0.717) is 45.6 Å². The summed E-state index contributed by atoms with van der Waals surface area (Å²) in [5.41, 5.74) is 2.54. The van der Waals surface area contributed by atoms with Crippen LogP contribution in [0.2, 0.25) is 0 Å². The van der Waals surface area contributed by atoms with Gasteiger partial charge in [0.05, 0.1) is 11.2 Å². The van der Waals surface area contributed by atoms with Crippen molar-refractivity contribution < 1.29 is 9.13 Å². The first-order valence-corrected chi connectivity index (χ1v) is 12.2. The molecule has 5 heterocycles. The van der Waals surface area contributed by atoms with Crippen molar-refractivity contribution in [3.8, 4) is 11.5 Å². The smallest absolute Gasteiger partial charge is 0.160 e. The summed E-state index contributed by atoms with van der Waals surface area (Å²) in [6.07, 6.45) is 6.76. The highest BCUT2D eigenvalue weighted by atomic mass is 19.1. The molecule has 1 aliphatic rings. The lowest BCUT2D eigenvalue weighted by atomic mass is 10.1. The van der Waals surface area contributed by atoms with Gasteiger partial charge in [-0.15, -0.1) is 0 Å². The van der Waals surface area contributed by atoms with Crippen molar-refractivity contribution >= 4 is 34.0 Å². The highest BCUT2D eigenvalue weighted by Crippen LogP contribution is 2.33. The molecule has 0 spiro atoms. The van der Waals surface area contributed by atoms with Gasteiger partial charge in [-0.3, -0.25) is 0 Å². The second-order valence-electron chi connectivity index (χ2n) is 9.05. The molecule has 2 N–H and O–H groups in total. The summed E-state index contributed by atoms with van der Waals surface area (Å²) in [6.45, 7) is 3.66. The van der Waals surface area contributed by atoms with Crippen molar-refractivity contribution in [2.24, 2.45) is 0 Å². The molecular weight excluding hydrogens is 473 g/mol. The Kier molecular flexibility index (Phi) is 5.97. The lowest BCUT2D eigenvalue weighted by Crippen LogP contribution is -2.41. The molecule has 37 heavy (non-hydrogen) atoms. The van der Waals surface area contributed by atoms with E-state index >= 15 is 4.39 Å². The number of pyridine rings is 2. The number of hydrogen-bond acceptors (Lipinski definition) is 9. The number of fused-ring (bicyclic) bond motifs is 2. The number of aromatic nitrogens is 6. The molecule has 11 heteroatoms. The summed E-state index contributed by atoms with van der Waals surface area (Å²) in [5.74, 6) is 1.79. The molecule has 6 rings (SSSR count). The van der Waals surface area contributed by atoms with Crippen molar-refractivity contribution in [1.82, 2.24) is 34.9 Å². The van der Waals surface area contributed by atoms with Gasteiger partial charge in [0.2, 0.25) is 0 Å². The zero-order valence-corrected chi connectivity index (χ0v) is 20.5. The summed E-state index contributed by atoms with van der Waals surface area (Å²) < 4.78 is 23.0.